The smallest absolute Gasteiger partial charge is 0.339 e. The molecule has 1 aliphatic carbocycles. The quantitative estimate of drug-likeness (QED) is 0.196. The number of benzene rings is 2. The van der Waals surface area contributed by atoms with Crippen LogP contribution in [0.4, 0.5) is 46.8 Å². The standard InChI is InChI=1S/C24H26ClN7O3S.C2HF3O/c25-20-14-27-23-30-17-3-1-2-15(12-17)4-5-16-13-18(29-22(20)32-23)6-9-21(16)31-24(33)26-10-11-28-36(34,35)19-7-8-19;3-2(4,5)1-6/h1-3,6,9,12-14,19,28H,4-5,7-8,10-11H2,(H2,26,31,33)(H2,27,29,30,32);1H. The lowest BCUT2D eigenvalue weighted by Crippen LogP contribution is -2.38. The predicted octanol–water partition coefficient (Wildman–Crippen LogP) is 4.67. The minimum Gasteiger partial charge on any atom is -0.339 e. The number of sulfonamides is 1. The molecule has 224 valence electrons. The molecule has 0 unspecified atom stereocenters. The van der Waals surface area contributed by atoms with Gasteiger partial charge in [-0.2, -0.15) is 18.2 Å². The van der Waals surface area contributed by atoms with Gasteiger partial charge in [-0.1, -0.05) is 23.7 Å². The highest BCUT2D eigenvalue weighted by molar-refractivity contribution is 7.90. The molecule has 5 N–H and O–H groups in total. The van der Waals surface area contributed by atoms with Crippen molar-refractivity contribution in [2.45, 2.75) is 37.1 Å². The number of carbonyl (C=O) groups is 2. The number of carbonyl (C=O) groups excluding carboxylic acids is 2. The van der Waals surface area contributed by atoms with Crippen molar-refractivity contribution in [2.24, 2.45) is 0 Å². The first-order valence-electron chi connectivity index (χ1n) is 12.8. The van der Waals surface area contributed by atoms with E-state index in [1.165, 1.54) is 6.20 Å². The summed E-state index contributed by atoms with van der Waals surface area (Å²) >= 11 is 6.32. The number of halogens is 4. The van der Waals surface area contributed by atoms with Crippen LogP contribution in [-0.2, 0) is 27.7 Å². The van der Waals surface area contributed by atoms with Gasteiger partial charge in [0.1, 0.15) is 5.02 Å². The van der Waals surface area contributed by atoms with Crippen molar-refractivity contribution in [1.29, 1.82) is 0 Å². The molecule has 0 radical (unpaired) electrons. The summed E-state index contributed by atoms with van der Waals surface area (Å²) in [6.07, 6.45) is -1.35. The maximum Gasteiger partial charge on any atom is 0.446 e. The number of amides is 2. The summed E-state index contributed by atoms with van der Waals surface area (Å²) in [5.74, 6) is 0.885. The second-order valence-electron chi connectivity index (χ2n) is 9.39. The molecule has 0 atom stereocenters. The van der Waals surface area contributed by atoms with Crippen LogP contribution in [-0.4, -0.2) is 55.2 Å². The number of aryl methyl sites for hydroxylation is 2. The first-order valence-corrected chi connectivity index (χ1v) is 14.7. The van der Waals surface area contributed by atoms with Gasteiger partial charge in [0.15, 0.2) is 5.82 Å². The molecule has 2 amide bonds. The monoisotopic (exact) mass is 625 g/mol. The molecule has 2 aromatic carbocycles. The third-order valence-electron chi connectivity index (χ3n) is 6.04. The third-order valence-corrected chi connectivity index (χ3v) is 8.27. The molecule has 0 spiro atoms. The SMILES string of the molecule is O=C(NCCNS(=O)(=O)C1CC1)Nc1ccc2cc1CCc1cccc(c1)Nc1ncc(Cl)c(n1)N2.O=CC(F)(F)F. The van der Waals surface area contributed by atoms with Crippen LogP contribution in [0.15, 0.2) is 48.7 Å². The molecule has 11 nitrogen and oxygen atoms in total. The van der Waals surface area contributed by atoms with Crippen molar-refractivity contribution in [3.63, 3.8) is 0 Å². The van der Waals surface area contributed by atoms with Crippen LogP contribution in [0.1, 0.15) is 24.0 Å². The zero-order chi connectivity index (χ0) is 30.3. The third kappa shape index (κ3) is 9.29. The molecular formula is C26H27ClF3N7O4S. The van der Waals surface area contributed by atoms with Crippen LogP contribution < -0.4 is 26.0 Å². The number of hydrogen-bond donors (Lipinski definition) is 5. The summed E-state index contributed by atoms with van der Waals surface area (Å²) < 4.78 is 57.6. The lowest BCUT2D eigenvalue weighted by molar-refractivity contribution is -0.156. The largest absolute Gasteiger partial charge is 0.446 e. The Bertz CT molecular complexity index is 1550. The Balaban J connectivity index is 0.000000612. The van der Waals surface area contributed by atoms with Gasteiger partial charge in [-0.05, 0) is 67.1 Å². The number of anilines is 5. The molecule has 6 bridgehead atoms. The van der Waals surface area contributed by atoms with E-state index in [0.717, 1.165) is 28.9 Å². The number of fused-ring (bicyclic) bond motifs is 6. The van der Waals surface area contributed by atoms with Gasteiger partial charge in [-0.25, -0.2) is 22.9 Å². The molecule has 5 rings (SSSR count). The van der Waals surface area contributed by atoms with E-state index in [4.69, 9.17) is 16.4 Å². The summed E-state index contributed by atoms with van der Waals surface area (Å²) in [6, 6.07) is 13.2. The zero-order valence-corrected chi connectivity index (χ0v) is 23.5. The number of alkyl halides is 3. The number of hydrogen-bond acceptors (Lipinski definition) is 8. The van der Waals surface area contributed by atoms with Gasteiger partial charge in [0.2, 0.25) is 22.3 Å². The lowest BCUT2D eigenvalue weighted by Gasteiger charge is -2.15. The Kier molecular flexibility index (Phi) is 9.85. The molecule has 42 heavy (non-hydrogen) atoms. The van der Waals surface area contributed by atoms with Crippen molar-refractivity contribution in [1.82, 2.24) is 20.0 Å². The maximum atomic E-state index is 12.5. The van der Waals surface area contributed by atoms with E-state index in [1.807, 2.05) is 42.5 Å². The minimum absolute atomic E-state index is 0.147. The van der Waals surface area contributed by atoms with Crippen molar-refractivity contribution >= 4 is 62.8 Å². The highest BCUT2D eigenvalue weighted by atomic mass is 35.5. The molecule has 0 saturated heterocycles. The van der Waals surface area contributed by atoms with Crippen LogP contribution in [0, 0.1) is 0 Å². The predicted molar refractivity (Wildman–Crippen MR) is 153 cm³/mol. The van der Waals surface area contributed by atoms with Gasteiger partial charge >= 0.3 is 12.2 Å². The highest BCUT2D eigenvalue weighted by Gasteiger charge is 2.35. The fourth-order valence-electron chi connectivity index (χ4n) is 3.90. The summed E-state index contributed by atoms with van der Waals surface area (Å²) in [4.78, 5) is 30.0. The molecule has 2 heterocycles. The fraction of sp³-hybridized carbons (Fsp3) is 0.308. The Morgan fingerprint density at radius 1 is 1.07 bits per heavy atom. The van der Waals surface area contributed by atoms with Gasteiger partial charge in [-0.15, -0.1) is 0 Å². The summed E-state index contributed by atoms with van der Waals surface area (Å²) in [7, 11) is -3.27. The van der Waals surface area contributed by atoms with Gasteiger partial charge in [0, 0.05) is 30.2 Å². The van der Waals surface area contributed by atoms with Crippen LogP contribution in [0.3, 0.4) is 0 Å². The average molecular weight is 626 g/mol. The van der Waals surface area contributed by atoms with E-state index in [2.05, 4.69) is 36.0 Å². The second kappa shape index (κ2) is 13.4. The van der Waals surface area contributed by atoms with E-state index in [0.29, 0.717) is 41.7 Å². The molecule has 2 aliphatic rings. The number of nitrogens with zero attached hydrogens (tertiary/aromatic N) is 2. The summed E-state index contributed by atoms with van der Waals surface area (Å²) in [6.45, 7) is 0.328. The van der Waals surface area contributed by atoms with Gasteiger partial charge < -0.3 is 21.3 Å². The number of rotatable bonds is 6. The van der Waals surface area contributed by atoms with Crippen molar-refractivity contribution in [2.75, 3.05) is 29.0 Å². The van der Waals surface area contributed by atoms with Gasteiger partial charge in [0.25, 0.3) is 0 Å². The highest BCUT2D eigenvalue weighted by Crippen LogP contribution is 2.30. The van der Waals surface area contributed by atoms with Crippen LogP contribution >= 0.6 is 11.6 Å². The normalized spacial score (nSPS) is 14.3. The Hall–Kier alpha value is -3.95. The lowest BCUT2D eigenvalue weighted by atomic mass is 10.0. The second-order valence-corrected chi connectivity index (χ2v) is 11.8. The van der Waals surface area contributed by atoms with E-state index in [1.54, 1.807) is 0 Å². The molecule has 1 aliphatic heterocycles. The van der Waals surface area contributed by atoms with E-state index in [-0.39, 0.29) is 18.3 Å². The first-order chi connectivity index (χ1) is 19.9. The number of aromatic nitrogens is 2. The molecule has 1 fully saturated rings. The van der Waals surface area contributed by atoms with E-state index < -0.39 is 28.5 Å². The molecule has 1 saturated carbocycles. The average Bonchev–Trinajstić information content (AvgIpc) is 3.79. The van der Waals surface area contributed by atoms with Crippen LogP contribution in [0.5, 0.6) is 0 Å². The van der Waals surface area contributed by atoms with Gasteiger partial charge in [-0.3, -0.25) is 4.79 Å². The fourth-order valence-corrected chi connectivity index (χ4v) is 5.41. The van der Waals surface area contributed by atoms with Crippen molar-refractivity contribution in [3.05, 3.63) is 64.8 Å². The van der Waals surface area contributed by atoms with Crippen LogP contribution in [0.25, 0.3) is 0 Å². The molecule has 16 heteroatoms. The number of aldehydes is 1. The summed E-state index contributed by atoms with van der Waals surface area (Å²) in [5.41, 5.74) is 4.33. The minimum atomic E-state index is -4.64. The van der Waals surface area contributed by atoms with E-state index >= 15 is 0 Å². The molecule has 1 aromatic heterocycles. The van der Waals surface area contributed by atoms with Crippen LogP contribution in [0.2, 0.25) is 5.02 Å². The number of nitrogens with one attached hydrogen (secondary N) is 5. The van der Waals surface area contributed by atoms with Gasteiger partial charge in [0.05, 0.1) is 11.4 Å². The van der Waals surface area contributed by atoms with Crippen molar-refractivity contribution in [3.8, 4) is 0 Å². The van der Waals surface area contributed by atoms with E-state index in [9.17, 15) is 26.4 Å². The zero-order valence-electron chi connectivity index (χ0n) is 22.0. The van der Waals surface area contributed by atoms with Crippen molar-refractivity contribution < 1.29 is 31.2 Å². The molecule has 3 aromatic rings. The Morgan fingerprint density at radius 3 is 2.52 bits per heavy atom. The topological polar surface area (TPSA) is 154 Å². The Morgan fingerprint density at radius 2 is 1.81 bits per heavy atom. The molecular weight excluding hydrogens is 599 g/mol. The first kappa shape index (κ1) is 31.0. The number of urea groups is 1. The Labute approximate surface area is 244 Å². The summed E-state index contributed by atoms with van der Waals surface area (Å²) in [5, 5.41) is 12.1. The maximum absolute atomic E-state index is 12.5.